The second-order valence-corrected chi connectivity index (χ2v) is 6.96. The number of imide groups is 1. The van der Waals surface area contributed by atoms with Crippen molar-refractivity contribution in [3.63, 3.8) is 0 Å². The molecule has 7 heteroatoms. The molecule has 0 N–H and O–H groups in total. The van der Waals surface area contributed by atoms with E-state index in [0.29, 0.717) is 17.3 Å². The Hall–Kier alpha value is -1.23. The maximum atomic E-state index is 12.8. The summed E-state index contributed by atoms with van der Waals surface area (Å²) in [4.78, 5) is 28.3. The molecule has 3 rings (SSSR count). The number of carbonyl (C=O) groups is 2. The lowest BCUT2D eigenvalue weighted by molar-refractivity contribution is -0.121. The van der Waals surface area contributed by atoms with Crippen LogP contribution in [0.15, 0.2) is 28.9 Å². The van der Waals surface area contributed by atoms with Gasteiger partial charge in [0.1, 0.15) is 10.7 Å². The van der Waals surface area contributed by atoms with Crippen molar-refractivity contribution in [2.75, 3.05) is 11.4 Å². The molecular formula is C16H15Cl3N2O2. The van der Waals surface area contributed by atoms with E-state index in [0.717, 1.165) is 24.2 Å². The van der Waals surface area contributed by atoms with E-state index in [1.165, 1.54) is 6.07 Å². The zero-order valence-electron chi connectivity index (χ0n) is 12.5. The third-order valence-electron chi connectivity index (χ3n) is 4.25. The molecule has 23 heavy (non-hydrogen) atoms. The first-order chi connectivity index (χ1) is 10.9. The summed E-state index contributed by atoms with van der Waals surface area (Å²) >= 11 is 18.2. The van der Waals surface area contributed by atoms with Crippen LogP contribution in [0, 0.1) is 0 Å². The first-order valence-electron chi connectivity index (χ1n) is 7.42. The summed E-state index contributed by atoms with van der Waals surface area (Å²) in [5, 5.41) is 0.619. The van der Waals surface area contributed by atoms with Gasteiger partial charge in [-0.3, -0.25) is 9.59 Å². The summed E-state index contributed by atoms with van der Waals surface area (Å²) in [6, 6.07) is 4.80. The molecule has 1 unspecified atom stereocenters. The Bertz CT molecular complexity index is 717. The van der Waals surface area contributed by atoms with Gasteiger partial charge in [-0.1, -0.05) is 34.8 Å². The molecule has 0 radical (unpaired) electrons. The van der Waals surface area contributed by atoms with Crippen LogP contribution < -0.4 is 4.90 Å². The first kappa shape index (κ1) is 16.6. The first-order valence-corrected chi connectivity index (χ1v) is 8.55. The average Bonchev–Trinajstić information content (AvgIpc) is 2.71. The largest absolute Gasteiger partial charge is 0.363 e. The Labute approximate surface area is 149 Å². The van der Waals surface area contributed by atoms with Crippen LogP contribution in [0.1, 0.15) is 26.2 Å². The van der Waals surface area contributed by atoms with E-state index >= 15 is 0 Å². The van der Waals surface area contributed by atoms with Crippen LogP contribution in [0.2, 0.25) is 10.0 Å². The van der Waals surface area contributed by atoms with Gasteiger partial charge in [-0.15, -0.1) is 0 Å². The number of anilines is 1. The Balaban J connectivity index is 1.98. The molecule has 2 aliphatic rings. The monoisotopic (exact) mass is 372 g/mol. The van der Waals surface area contributed by atoms with Crippen molar-refractivity contribution in [3.05, 3.63) is 39.0 Å². The maximum absolute atomic E-state index is 12.8. The van der Waals surface area contributed by atoms with Crippen LogP contribution >= 0.6 is 34.8 Å². The number of hydrogen-bond donors (Lipinski definition) is 0. The molecule has 0 bridgehead atoms. The van der Waals surface area contributed by atoms with E-state index in [1.807, 2.05) is 11.8 Å². The Morgan fingerprint density at radius 3 is 2.48 bits per heavy atom. The van der Waals surface area contributed by atoms with Crippen LogP contribution in [0.3, 0.4) is 0 Å². The molecule has 2 aliphatic heterocycles. The number of amides is 2. The van der Waals surface area contributed by atoms with Gasteiger partial charge in [0, 0.05) is 17.6 Å². The van der Waals surface area contributed by atoms with Gasteiger partial charge in [0.05, 0.1) is 10.7 Å². The molecule has 2 heterocycles. The lowest BCUT2D eigenvalue weighted by Crippen LogP contribution is -2.41. The lowest BCUT2D eigenvalue weighted by atomic mass is 10.0. The fraction of sp³-hybridized carbons (Fsp3) is 0.375. The molecule has 1 saturated heterocycles. The highest BCUT2D eigenvalue weighted by molar-refractivity contribution is 6.53. The van der Waals surface area contributed by atoms with Gasteiger partial charge in [0.2, 0.25) is 0 Å². The number of benzene rings is 1. The fourth-order valence-corrected chi connectivity index (χ4v) is 3.82. The summed E-state index contributed by atoms with van der Waals surface area (Å²) in [5.41, 5.74) is 0.568. The standard InChI is InChI=1S/C16H15Cl3N2O2/c1-9-4-2-3-7-20(9)14-13(19)15(22)21(16(14)23)12-6-5-10(17)8-11(12)18/h5-6,8-9H,2-4,7H2,1H3. The molecule has 1 aromatic rings. The second-order valence-electron chi connectivity index (χ2n) is 5.74. The highest BCUT2D eigenvalue weighted by Crippen LogP contribution is 2.37. The van der Waals surface area contributed by atoms with Gasteiger partial charge in [-0.25, -0.2) is 4.90 Å². The number of carbonyl (C=O) groups excluding carboxylic acids is 2. The van der Waals surface area contributed by atoms with Crippen molar-refractivity contribution >= 4 is 52.3 Å². The van der Waals surface area contributed by atoms with Crippen LogP contribution in [0.4, 0.5) is 5.69 Å². The molecule has 1 fully saturated rings. The molecule has 0 spiro atoms. The molecule has 1 atom stereocenters. The molecular weight excluding hydrogens is 359 g/mol. The van der Waals surface area contributed by atoms with Crippen LogP contribution in [0.25, 0.3) is 0 Å². The number of piperidine rings is 1. The smallest absolute Gasteiger partial charge is 0.283 e. The van der Waals surface area contributed by atoms with E-state index < -0.39 is 11.8 Å². The molecule has 0 aliphatic carbocycles. The molecule has 122 valence electrons. The van der Waals surface area contributed by atoms with Crippen molar-refractivity contribution in [3.8, 4) is 0 Å². The third kappa shape index (κ3) is 2.84. The van der Waals surface area contributed by atoms with Gasteiger partial charge in [-0.2, -0.15) is 0 Å². The van der Waals surface area contributed by atoms with E-state index in [-0.39, 0.29) is 21.8 Å². The fourth-order valence-electron chi connectivity index (χ4n) is 3.05. The predicted octanol–water partition coefficient (Wildman–Crippen LogP) is 4.19. The molecule has 0 aromatic heterocycles. The predicted molar refractivity (Wildman–Crippen MR) is 91.9 cm³/mol. The quantitative estimate of drug-likeness (QED) is 0.730. The summed E-state index contributed by atoms with van der Waals surface area (Å²) < 4.78 is 0. The third-order valence-corrected chi connectivity index (χ3v) is 5.12. The number of halogens is 3. The van der Waals surface area contributed by atoms with Crippen molar-refractivity contribution < 1.29 is 9.59 Å². The molecule has 2 amide bonds. The van der Waals surface area contributed by atoms with Gasteiger partial charge < -0.3 is 4.90 Å². The van der Waals surface area contributed by atoms with E-state index in [9.17, 15) is 9.59 Å². The minimum Gasteiger partial charge on any atom is -0.363 e. The Kier molecular flexibility index (Phi) is 4.59. The summed E-state index contributed by atoms with van der Waals surface area (Å²) in [6.07, 6.45) is 3.05. The Morgan fingerprint density at radius 1 is 1.09 bits per heavy atom. The number of nitrogens with zero attached hydrogens (tertiary/aromatic N) is 2. The number of likely N-dealkylation sites (tertiary alicyclic amines) is 1. The maximum Gasteiger partial charge on any atom is 0.283 e. The average molecular weight is 374 g/mol. The van der Waals surface area contributed by atoms with E-state index in [1.54, 1.807) is 12.1 Å². The summed E-state index contributed by atoms with van der Waals surface area (Å²) in [6.45, 7) is 2.75. The van der Waals surface area contributed by atoms with Gasteiger partial charge in [-0.05, 0) is 44.4 Å². The van der Waals surface area contributed by atoms with Crippen molar-refractivity contribution in [1.29, 1.82) is 0 Å². The van der Waals surface area contributed by atoms with E-state index in [2.05, 4.69) is 0 Å². The van der Waals surface area contributed by atoms with Crippen LogP contribution in [-0.4, -0.2) is 29.3 Å². The van der Waals surface area contributed by atoms with Crippen molar-refractivity contribution in [2.24, 2.45) is 0 Å². The highest BCUT2D eigenvalue weighted by Gasteiger charge is 2.43. The SMILES string of the molecule is CC1CCCCN1C1=C(Cl)C(=O)N(c2ccc(Cl)cc2Cl)C1=O. The molecule has 0 saturated carbocycles. The number of rotatable bonds is 2. The van der Waals surface area contributed by atoms with Crippen molar-refractivity contribution in [2.45, 2.75) is 32.2 Å². The summed E-state index contributed by atoms with van der Waals surface area (Å²) in [5.74, 6) is -0.980. The zero-order chi connectivity index (χ0) is 16.7. The van der Waals surface area contributed by atoms with E-state index in [4.69, 9.17) is 34.8 Å². The highest BCUT2D eigenvalue weighted by atomic mass is 35.5. The van der Waals surface area contributed by atoms with Crippen LogP contribution in [0.5, 0.6) is 0 Å². The lowest BCUT2D eigenvalue weighted by Gasteiger charge is -2.35. The van der Waals surface area contributed by atoms with Crippen LogP contribution in [-0.2, 0) is 9.59 Å². The minimum atomic E-state index is -0.548. The zero-order valence-corrected chi connectivity index (χ0v) is 14.8. The molecule has 1 aromatic carbocycles. The Morgan fingerprint density at radius 2 is 1.83 bits per heavy atom. The minimum absolute atomic E-state index is 0.0465. The number of hydrogen-bond acceptors (Lipinski definition) is 3. The van der Waals surface area contributed by atoms with Gasteiger partial charge in [0.15, 0.2) is 0 Å². The second kappa shape index (κ2) is 6.34. The van der Waals surface area contributed by atoms with Crippen molar-refractivity contribution in [1.82, 2.24) is 4.90 Å². The topological polar surface area (TPSA) is 40.6 Å². The molecule has 4 nitrogen and oxygen atoms in total. The van der Waals surface area contributed by atoms with Gasteiger partial charge in [0.25, 0.3) is 11.8 Å². The van der Waals surface area contributed by atoms with Gasteiger partial charge >= 0.3 is 0 Å². The summed E-state index contributed by atoms with van der Waals surface area (Å²) in [7, 11) is 0. The normalized spacial score (nSPS) is 22.3.